The molecule has 5 aromatic carbocycles. The van der Waals surface area contributed by atoms with Gasteiger partial charge < -0.3 is 4.74 Å². The highest BCUT2D eigenvalue weighted by Gasteiger charge is 2.63. The summed E-state index contributed by atoms with van der Waals surface area (Å²) in [6.07, 6.45) is 0.291. The maximum absolute atomic E-state index is 6.98. The molecule has 196 valence electrons. The predicted octanol–water partition coefficient (Wildman–Crippen LogP) is 9.85. The summed E-state index contributed by atoms with van der Waals surface area (Å²) in [6.45, 7) is 0. The van der Waals surface area contributed by atoms with Crippen molar-refractivity contribution < 1.29 is 4.74 Å². The minimum Gasteiger partial charge on any atom is -0.365 e. The van der Waals surface area contributed by atoms with Crippen LogP contribution in [-0.4, -0.2) is 0 Å². The van der Waals surface area contributed by atoms with Crippen LogP contribution in [0, 0.1) is 11.8 Å². The van der Waals surface area contributed by atoms with Crippen molar-refractivity contribution in [3.63, 3.8) is 0 Å². The molecule has 6 aliphatic carbocycles. The summed E-state index contributed by atoms with van der Waals surface area (Å²) in [4.78, 5) is 0. The lowest BCUT2D eigenvalue weighted by atomic mass is 9.49. The molecule has 0 N–H and O–H groups in total. The molecule has 13 rings (SSSR count). The molecule has 1 saturated heterocycles. The van der Waals surface area contributed by atoms with Crippen molar-refractivity contribution in [1.29, 1.82) is 0 Å². The van der Waals surface area contributed by atoms with Gasteiger partial charge in [-0.1, -0.05) is 84.9 Å². The van der Waals surface area contributed by atoms with Gasteiger partial charge in [0.15, 0.2) is 0 Å². The van der Waals surface area contributed by atoms with Gasteiger partial charge in [0.05, 0.1) is 12.2 Å². The summed E-state index contributed by atoms with van der Waals surface area (Å²) in [6, 6.07) is 37.7. The molecule has 6 bridgehead atoms. The summed E-state index contributed by atoms with van der Waals surface area (Å²) in [5.74, 6) is 2.27. The molecular formula is C38H24Br2O. The van der Waals surface area contributed by atoms with Crippen molar-refractivity contribution in [1.82, 2.24) is 0 Å². The Bertz CT molecular complexity index is 1840. The van der Waals surface area contributed by atoms with E-state index < -0.39 is 0 Å². The molecule has 2 heterocycles. The van der Waals surface area contributed by atoms with Crippen LogP contribution in [0.3, 0.4) is 0 Å². The Morgan fingerprint density at radius 3 is 1.15 bits per heavy atom. The van der Waals surface area contributed by atoms with E-state index in [1.54, 1.807) is 11.1 Å². The van der Waals surface area contributed by atoms with E-state index in [2.05, 4.69) is 129 Å². The SMILES string of the molecule is Brc1cc2c(cc1Br)[C@H]1O[C@H]2[C@@H]2[C@H]3c4ccccc4[C@@H](c4cc5c(cc43)C3c4ccccc4C5c4ccccc43)[C@@H]21. The molecule has 0 radical (unpaired) electrons. The van der Waals surface area contributed by atoms with Crippen molar-refractivity contribution in [3.8, 4) is 0 Å². The quantitative estimate of drug-likeness (QED) is 0.158. The Morgan fingerprint density at radius 1 is 0.390 bits per heavy atom. The zero-order chi connectivity index (χ0) is 26.7. The highest BCUT2D eigenvalue weighted by Crippen LogP contribution is 2.73. The van der Waals surface area contributed by atoms with Gasteiger partial charge >= 0.3 is 0 Å². The van der Waals surface area contributed by atoms with Gasteiger partial charge in [0.1, 0.15) is 0 Å². The standard InChI is InChI=1S/C38H24Br2O/c39-29-15-27-28(16-30(29)40)38-36-34-22-12-6-5-11-21(22)33(35(36)37(27)41-38)25-13-23-24(14-26(25)34)32-18-8-2-1-7-17(18)31(23)19-9-3-4-10-20(19)32/h1-16,31-38H/t31?,32?,33-,34-,35-,36+,37+,38+/m0/s1. The summed E-state index contributed by atoms with van der Waals surface area (Å²) in [7, 11) is 0. The highest BCUT2D eigenvalue weighted by molar-refractivity contribution is 9.13. The third-order valence-corrected chi connectivity index (χ3v) is 13.3. The molecule has 0 amide bonds. The Labute approximate surface area is 255 Å². The number of rotatable bonds is 0. The van der Waals surface area contributed by atoms with Crippen LogP contribution in [0.1, 0.15) is 103 Å². The van der Waals surface area contributed by atoms with Crippen LogP contribution in [-0.2, 0) is 4.74 Å². The van der Waals surface area contributed by atoms with Crippen LogP contribution < -0.4 is 0 Å². The second-order valence-electron chi connectivity index (χ2n) is 12.8. The van der Waals surface area contributed by atoms with Gasteiger partial charge in [-0.3, -0.25) is 0 Å². The van der Waals surface area contributed by atoms with Crippen LogP contribution in [0.2, 0.25) is 0 Å². The molecule has 0 unspecified atom stereocenters. The van der Waals surface area contributed by atoms with E-state index in [9.17, 15) is 0 Å². The lowest BCUT2D eigenvalue weighted by Crippen LogP contribution is -2.42. The molecular weight excluding hydrogens is 632 g/mol. The largest absolute Gasteiger partial charge is 0.365 e. The number of hydrogen-bond donors (Lipinski definition) is 0. The maximum Gasteiger partial charge on any atom is 0.0878 e. The first kappa shape index (κ1) is 22.6. The van der Waals surface area contributed by atoms with Gasteiger partial charge in [-0.05, 0) is 111 Å². The van der Waals surface area contributed by atoms with Crippen molar-refractivity contribution in [3.05, 3.63) is 173 Å². The number of hydrogen-bond acceptors (Lipinski definition) is 1. The second kappa shape index (κ2) is 7.50. The molecule has 8 aliphatic rings. The van der Waals surface area contributed by atoms with Gasteiger partial charge in [-0.2, -0.15) is 0 Å². The van der Waals surface area contributed by atoms with E-state index in [1.807, 2.05) is 0 Å². The fraction of sp³-hybridized carbons (Fsp3) is 0.211. The molecule has 3 heteroatoms. The smallest absolute Gasteiger partial charge is 0.0878 e. The topological polar surface area (TPSA) is 9.23 Å². The van der Waals surface area contributed by atoms with E-state index in [-0.39, 0.29) is 12.2 Å². The molecule has 0 spiro atoms. The van der Waals surface area contributed by atoms with Crippen molar-refractivity contribution in [2.45, 2.75) is 35.9 Å². The van der Waals surface area contributed by atoms with Crippen molar-refractivity contribution in [2.24, 2.45) is 11.8 Å². The normalized spacial score (nSPS) is 31.1. The van der Waals surface area contributed by atoms with Gasteiger partial charge in [0.25, 0.3) is 0 Å². The van der Waals surface area contributed by atoms with Gasteiger partial charge in [-0.25, -0.2) is 0 Å². The van der Waals surface area contributed by atoms with Crippen molar-refractivity contribution >= 4 is 31.9 Å². The average Bonchev–Trinajstić information content (AvgIpc) is 3.57. The molecule has 1 fully saturated rings. The van der Waals surface area contributed by atoms with Crippen molar-refractivity contribution in [2.75, 3.05) is 0 Å². The predicted molar refractivity (Wildman–Crippen MR) is 167 cm³/mol. The molecule has 1 nitrogen and oxygen atoms in total. The fourth-order valence-electron chi connectivity index (χ4n) is 10.2. The monoisotopic (exact) mass is 654 g/mol. The van der Waals surface area contributed by atoms with E-state index >= 15 is 0 Å². The first-order valence-electron chi connectivity index (χ1n) is 14.8. The highest BCUT2D eigenvalue weighted by atomic mass is 79.9. The number of benzene rings is 5. The molecule has 2 aliphatic heterocycles. The zero-order valence-electron chi connectivity index (χ0n) is 22.0. The molecule has 41 heavy (non-hydrogen) atoms. The third kappa shape index (κ3) is 2.53. The fourth-order valence-corrected chi connectivity index (χ4v) is 10.9. The Kier molecular flexibility index (Phi) is 4.13. The number of halogens is 2. The Morgan fingerprint density at radius 2 is 0.756 bits per heavy atom. The average molecular weight is 656 g/mol. The lowest BCUT2D eigenvalue weighted by molar-refractivity contribution is 0.0533. The van der Waals surface area contributed by atoms with E-state index in [0.717, 1.165) is 8.95 Å². The van der Waals surface area contributed by atoms with Gasteiger partial charge in [0, 0.05) is 44.5 Å². The lowest BCUT2D eigenvalue weighted by Gasteiger charge is -2.52. The van der Waals surface area contributed by atoms with Gasteiger partial charge in [0.2, 0.25) is 0 Å². The summed E-state index contributed by atoms with van der Waals surface area (Å²) < 4.78 is 9.22. The molecule has 6 atom stereocenters. The second-order valence-corrected chi connectivity index (χ2v) is 14.6. The number of ether oxygens (including phenoxy) is 1. The molecule has 0 saturated carbocycles. The number of fused-ring (bicyclic) bond motifs is 5. The first-order chi connectivity index (χ1) is 20.2. The minimum absolute atomic E-state index is 0.146. The van der Waals surface area contributed by atoms with Crippen LogP contribution in [0.5, 0.6) is 0 Å². The van der Waals surface area contributed by atoms with E-state index in [0.29, 0.717) is 35.5 Å². The van der Waals surface area contributed by atoms with Crippen LogP contribution in [0.15, 0.2) is 106 Å². The summed E-state index contributed by atoms with van der Waals surface area (Å²) in [5.41, 5.74) is 18.0. The van der Waals surface area contributed by atoms with Crippen LogP contribution in [0.4, 0.5) is 0 Å². The van der Waals surface area contributed by atoms with E-state index in [4.69, 9.17) is 4.74 Å². The first-order valence-corrected chi connectivity index (χ1v) is 16.4. The molecule has 0 aromatic heterocycles. The summed E-state index contributed by atoms with van der Waals surface area (Å²) >= 11 is 7.57. The molecule has 5 aromatic rings. The Balaban J connectivity index is 1.18. The van der Waals surface area contributed by atoms with Crippen LogP contribution >= 0.6 is 31.9 Å². The summed E-state index contributed by atoms with van der Waals surface area (Å²) in [5, 5.41) is 0. The minimum atomic E-state index is 0.146. The van der Waals surface area contributed by atoms with Gasteiger partial charge in [-0.15, -0.1) is 0 Å². The maximum atomic E-state index is 6.98. The zero-order valence-corrected chi connectivity index (χ0v) is 25.2. The Hall–Kier alpha value is -2.98. The third-order valence-electron chi connectivity index (χ3n) is 11.4. The van der Waals surface area contributed by atoms with Crippen LogP contribution in [0.25, 0.3) is 0 Å². The van der Waals surface area contributed by atoms with E-state index in [1.165, 1.54) is 55.6 Å².